The predicted molar refractivity (Wildman–Crippen MR) is 72.7 cm³/mol. The van der Waals surface area contributed by atoms with E-state index in [0.29, 0.717) is 0 Å². The zero-order valence-corrected chi connectivity index (χ0v) is 12.2. The van der Waals surface area contributed by atoms with Crippen LogP contribution in [-0.4, -0.2) is 17.6 Å². The molecule has 0 atom stereocenters. The summed E-state index contributed by atoms with van der Waals surface area (Å²) in [5.41, 5.74) is 0. The third-order valence-corrected chi connectivity index (χ3v) is 8.52. The standard InChI is InChI=1S/C12H22Si2/c1-5-14(6-2)12-10-8-7-9-11(12)13(3)4/h7-10,13-14H,5-6H2,1-4H3. The molecular weight excluding hydrogens is 200 g/mol. The van der Waals surface area contributed by atoms with E-state index in [4.69, 9.17) is 0 Å². The van der Waals surface area contributed by atoms with Crippen molar-refractivity contribution in [3.8, 4) is 0 Å². The second-order valence-corrected chi connectivity index (χ2v) is 10.9. The molecular formula is C12H22Si2. The summed E-state index contributed by atoms with van der Waals surface area (Å²) in [6, 6.07) is 12.0. The summed E-state index contributed by atoms with van der Waals surface area (Å²) >= 11 is 0. The molecule has 1 rings (SSSR count). The topological polar surface area (TPSA) is 0 Å². The first-order valence-corrected chi connectivity index (χ1v) is 10.9. The lowest BCUT2D eigenvalue weighted by Gasteiger charge is -2.17. The van der Waals surface area contributed by atoms with Crippen molar-refractivity contribution in [2.45, 2.75) is 39.0 Å². The van der Waals surface area contributed by atoms with Gasteiger partial charge in [-0.3, -0.25) is 0 Å². The van der Waals surface area contributed by atoms with Gasteiger partial charge in [-0.1, -0.05) is 73.7 Å². The van der Waals surface area contributed by atoms with Crippen molar-refractivity contribution in [1.82, 2.24) is 0 Å². The summed E-state index contributed by atoms with van der Waals surface area (Å²) in [4.78, 5) is 0. The van der Waals surface area contributed by atoms with Gasteiger partial charge in [0.2, 0.25) is 0 Å². The number of rotatable bonds is 4. The van der Waals surface area contributed by atoms with Gasteiger partial charge < -0.3 is 0 Å². The minimum Gasteiger partial charge on any atom is -0.0682 e. The van der Waals surface area contributed by atoms with E-state index < -0.39 is 17.6 Å². The van der Waals surface area contributed by atoms with E-state index >= 15 is 0 Å². The Labute approximate surface area is 91.6 Å². The van der Waals surface area contributed by atoms with E-state index in [-0.39, 0.29) is 0 Å². The molecule has 1 aromatic rings. The molecule has 0 radical (unpaired) electrons. The zero-order chi connectivity index (χ0) is 10.6. The van der Waals surface area contributed by atoms with Crippen molar-refractivity contribution in [3.63, 3.8) is 0 Å². The van der Waals surface area contributed by atoms with Crippen LogP contribution in [0.4, 0.5) is 0 Å². The minimum atomic E-state index is -0.617. The Morgan fingerprint density at radius 1 is 0.929 bits per heavy atom. The fraction of sp³-hybridized carbons (Fsp3) is 0.500. The van der Waals surface area contributed by atoms with Crippen LogP contribution in [0, 0.1) is 0 Å². The number of hydrogen-bond acceptors (Lipinski definition) is 0. The molecule has 0 N–H and O–H groups in total. The van der Waals surface area contributed by atoms with Crippen LogP contribution < -0.4 is 10.4 Å². The number of benzene rings is 1. The summed E-state index contributed by atoms with van der Waals surface area (Å²) in [6.45, 7) is 9.60. The molecule has 14 heavy (non-hydrogen) atoms. The molecule has 2 heteroatoms. The van der Waals surface area contributed by atoms with Crippen molar-refractivity contribution >= 4 is 28.0 Å². The summed E-state index contributed by atoms with van der Waals surface area (Å²) in [6.07, 6.45) is 0. The lowest BCUT2D eigenvalue weighted by molar-refractivity contribution is 1.33. The highest BCUT2D eigenvalue weighted by Gasteiger charge is 2.14. The summed E-state index contributed by atoms with van der Waals surface area (Å²) in [5.74, 6) is 0. The van der Waals surface area contributed by atoms with Gasteiger partial charge in [0.15, 0.2) is 0 Å². The van der Waals surface area contributed by atoms with Crippen LogP contribution in [0.2, 0.25) is 25.2 Å². The van der Waals surface area contributed by atoms with Gasteiger partial charge in [0.25, 0.3) is 0 Å². The second kappa shape index (κ2) is 5.51. The fourth-order valence-electron chi connectivity index (χ4n) is 2.14. The summed E-state index contributed by atoms with van der Waals surface area (Å²) in [7, 11) is -1.23. The Morgan fingerprint density at radius 3 is 1.86 bits per heavy atom. The highest BCUT2D eigenvalue weighted by atomic mass is 28.3. The van der Waals surface area contributed by atoms with Gasteiger partial charge in [-0.05, 0) is 0 Å². The Balaban J connectivity index is 3.05. The van der Waals surface area contributed by atoms with E-state index in [9.17, 15) is 0 Å². The molecule has 1 aromatic carbocycles. The van der Waals surface area contributed by atoms with E-state index in [2.05, 4.69) is 51.2 Å². The first-order chi connectivity index (χ1) is 6.70. The molecule has 0 saturated heterocycles. The Hall–Kier alpha value is -0.346. The number of hydrogen-bond donors (Lipinski definition) is 0. The predicted octanol–water partition coefficient (Wildman–Crippen LogP) is 1.85. The molecule has 0 amide bonds. The molecule has 0 aromatic heterocycles. The van der Waals surface area contributed by atoms with Crippen molar-refractivity contribution in [3.05, 3.63) is 24.3 Å². The van der Waals surface area contributed by atoms with Gasteiger partial charge in [0.05, 0.1) is 17.6 Å². The average Bonchev–Trinajstić information content (AvgIpc) is 2.20. The van der Waals surface area contributed by atoms with E-state index in [0.717, 1.165) is 0 Å². The molecule has 0 saturated carbocycles. The van der Waals surface area contributed by atoms with Crippen LogP contribution in [-0.2, 0) is 0 Å². The van der Waals surface area contributed by atoms with Crippen LogP contribution >= 0.6 is 0 Å². The smallest absolute Gasteiger partial charge is 0.0682 e. The third-order valence-electron chi connectivity index (χ3n) is 3.04. The quantitative estimate of drug-likeness (QED) is 0.682. The molecule has 0 nitrogen and oxygen atoms in total. The molecule has 0 aliphatic rings. The molecule has 0 fully saturated rings. The largest absolute Gasteiger partial charge is 0.0701 e. The van der Waals surface area contributed by atoms with Crippen molar-refractivity contribution in [2.24, 2.45) is 0 Å². The van der Waals surface area contributed by atoms with Crippen molar-refractivity contribution in [1.29, 1.82) is 0 Å². The maximum absolute atomic E-state index is 2.44. The van der Waals surface area contributed by atoms with Gasteiger partial charge in [-0.2, -0.15) is 0 Å². The second-order valence-electron chi connectivity index (χ2n) is 4.30. The Kier molecular flexibility index (Phi) is 4.62. The van der Waals surface area contributed by atoms with Crippen LogP contribution in [0.5, 0.6) is 0 Å². The lowest BCUT2D eigenvalue weighted by Crippen LogP contribution is -2.45. The van der Waals surface area contributed by atoms with Crippen LogP contribution in [0.15, 0.2) is 24.3 Å². The summed E-state index contributed by atoms with van der Waals surface area (Å²) < 4.78 is 0. The molecule has 0 bridgehead atoms. The Bertz CT molecular complexity index is 277. The van der Waals surface area contributed by atoms with Crippen molar-refractivity contribution in [2.75, 3.05) is 0 Å². The van der Waals surface area contributed by atoms with Crippen LogP contribution in [0.25, 0.3) is 0 Å². The molecule has 78 valence electrons. The zero-order valence-electron chi connectivity index (χ0n) is 9.88. The van der Waals surface area contributed by atoms with Gasteiger partial charge in [0, 0.05) is 0 Å². The molecule has 0 heterocycles. The highest BCUT2D eigenvalue weighted by molar-refractivity contribution is 6.83. The van der Waals surface area contributed by atoms with Gasteiger partial charge >= 0.3 is 0 Å². The highest BCUT2D eigenvalue weighted by Crippen LogP contribution is 1.99. The van der Waals surface area contributed by atoms with Gasteiger partial charge in [-0.25, -0.2) is 0 Å². The maximum Gasteiger partial charge on any atom is 0.0701 e. The Morgan fingerprint density at radius 2 is 1.43 bits per heavy atom. The minimum absolute atomic E-state index is 0.611. The van der Waals surface area contributed by atoms with Crippen LogP contribution in [0.1, 0.15) is 13.8 Å². The first-order valence-electron chi connectivity index (χ1n) is 5.79. The fourth-order valence-corrected chi connectivity index (χ4v) is 7.51. The van der Waals surface area contributed by atoms with Crippen molar-refractivity contribution < 1.29 is 0 Å². The normalized spacial score (nSPS) is 11.3. The van der Waals surface area contributed by atoms with E-state index in [1.165, 1.54) is 12.1 Å². The monoisotopic (exact) mass is 222 g/mol. The first kappa shape index (κ1) is 11.7. The average molecular weight is 222 g/mol. The van der Waals surface area contributed by atoms with Crippen LogP contribution in [0.3, 0.4) is 0 Å². The van der Waals surface area contributed by atoms with E-state index in [1.807, 2.05) is 0 Å². The molecule has 0 aliphatic carbocycles. The summed E-state index contributed by atoms with van der Waals surface area (Å²) in [5, 5.41) is 3.49. The molecule has 0 spiro atoms. The lowest BCUT2D eigenvalue weighted by atomic mass is 10.4. The molecule has 0 unspecified atom stereocenters. The van der Waals surface area contributed by atoms with Gasteiger partial charge in [-0.15, -0.1) is 0 Å². The molecule has 0 aliphatic heterocycles. The van der Waals surface area contributed by atoms with Gasteiger partial charge in [0.1, 0.15) is 0 Å². The van der Waals surface area contributed by atoms with E-state index in [1.54, 1.807) is 10.4 Å². The maximum atomic E-state index is 2.44. The third kappa shape index (κ3) is 2.58. The SMILES string of the molecule is CC[SiH](CC)c1ccccc1[SiH](C)C.